The summed E-state index contributed by atoms with van der Waals surface area (Å²) in [6.07, 6.45) is 0. The normalized spacial score (nSPS) is 14.8. The first-order valence-corrected chi connectivity index (χ1v) is 7.60. The van der Waals surface area contributed by atoms with Crippen molar-refractivity contribution < 1.29 is 18.4 Å². The third kappa shape index (κ3) is 2.92. The average Bonchev–Trinajstić information content (AvgIpc) is 2.76. The summed E-state index contributed by atoms with van der Waals surface area (Å²) in [6.45, 7) is -0.206. The molecule has 1 aliphatic heterocycles. The van der Waals surface area contributed by atoms with Crippen LogP contribution in [0.4, 0.5) is 8.78 Å². The lowest BCUT2D eigenvalue weighted by Gasteiger charge is -2.15. The molecule has 0 bridgehead atoms. The van der Waals surface area contributed by atoms with E-state index in [1.54, 1.807) is 24.3 Å². The van der Waals surface area contributed by atoms with E-state index in [2.05, 4.69) is 0 Å². The highest BCUT2D eigenvalue weighted by Crippen LogP contribution is 2.33. The highest BCUT2D eigenvalue weighted by molar-refractivity contribution is 6.55. The van der Waals surface area contributed by atoms with Crippen molar-refractivity contribution >= 4 is 40.6 Å². The maximum absolute atomic E-state index is 13.3. The predicted molar refractivity (Wildman–Crippen MR) is 86.1 cm³/mol. The number of halogens is 4. The largest absolute Gasteiger partial charge is 0.273 e. The van der Waals surface area contributed by atoms with Gasteiger partial charge in [-0.15, -0.1) is 0 Å². The summed E-state index contributed by atoms with van der Waals surface area (Å²) >= 11 is 11.8. The second-order valence-electron chi connectivity index (χ2n) is 5.14. The van der Waals surface area contributed by atoms with Crippen LogP contribution in [-0.4, -0.2) is 16.7 Å². The van der Waals surface area contributed by atoms with Crippen LogP contribution in [0.2, 0.25) is 5.02 Å². The Balaban J connectivity index is 1.90. The zero-order valence-corrected chi connectivity index (χ0v) is 13.5. The first kappa shape index (κ1) is 16.6. The molecule has 0 aromatic heterocycles. The van der Waals surface area contributed by atoms with Crippen molar-refractivity contribution in [2.75, 3.05) is 0 Å². The molecule has 24 heavy (non-hydrogen) atoms. The lowest BCUT2D eigenvalue weighted by molar-refractivity contribution is -0.137. The van der Waals surface area contributed by atoms with Crippen LogP contribution in [0, 0.1) is 11.6 Å². The van der Waals surface area contributed by atoms with Gasteiger partial charge in [0.15, 0.2) is 11.6 Å². The molecule has 2 aromatic rings. The van der Waals surface area contributed by atoms with E-state index in [9.17, 15) is 18.4 Å². The number of benzene rings is 2. The highest BCUT2D eigenvalue weighted by atomic mass is 35.5. The molecule has 7 heteroatoms. The summed E-state index contributed by atoms with van der Waals surface area (Å²) in [5.74, 6) is -3.34. The zero-order valence-electron chi connectivity index (χ0n) is 12.0. The van der Waals surface area contributed by atoms with Crippen LogP contribution in [-0.2, 0) is 16.1 Å². The zero-order chi connectivity index (χ0) is 17.4. The number of hydrogen-bond acceptors (Lipinski definition) is 2. The van der Waals surface area contributed by atoms with Crippen molar-refractivity contribution in [2.24, 2.45) is 0 Å². The van der Waals surface area contributed by atoms with Crippen molar-refractivity contribution in [3.8, 4) is 0 Å². The SMILES string of the molecule is O=C1C(Cl)=C(c2ccc(Cl)cc2)C(=O)N1Cc1ccc(F)c(F)c1. The number of imide groups is 1. The van der Waals surface area contributed by atoms with E-state index >= 15 is 0 Å². The Hall–Kier alpha value is -2.24. The molecule has 0 radical (unpaired) electrons. The third-order valence-corrected chi connectivity index (χ3v) is 4.17. The van der Waals surface area contributed by atoms with Gasteiger partial charge in [0.05, 0.1) is 12.1 Å². The molecule has 0 saturated carbocycles. The van der Waals surface area contributed by atoms with Crippen LogP contribution >= 0.6 is 23.2 Å². The monoisotopic (exact) mass is 367 g/mol. The van der Waals surface area contributed by atoms with E-state index in [1.165, 1.54) is 6.07 Å². The molecule has 0 aliphatic carbocycles. The van der Waals surface area contributed by atoms with E-state index in [-0.39, 0.29) is 22.7 Å². The molecule has 2 aromatic carbocycles. The third-order valence-electron chi connectivity index (χ3n) is 3.57. The van der Waals surface area contributed by atoms with E-state index in [0.29, 0.717) is 10.6 Å². The Morgan fingerprint density at radius 2 is 1.54 bits per heavy atom. The Bertz CT molecular complexity index is 879. The van der Waals surface area contributed by atoms with E-state index in [1.807, 2.05) is 0 Å². The minimum absolute atomic E-state index is 0.0564. The van der Waals surface area contributed by atoms with Crippen LogP contribution in [0.15, 0.2) is 47.5 Å². The average molecular weight is 368 g/mol. The molecule has 1 heterocycles. The summed E-state index contributed by atoms with van der Waals surface area (Å²) in [5.41, 5.74) is 0.786. The van der Waals surface area contributed by atoms with Gasteiger partial charge in [-0.3, -0.25) is 14.5 Å². The molecule has 0 fully saturated rings. The lowest BCUT2D eigenvalue weighted by atomic mass is 10.1. The first-order valence-electron chi connectivity index (χ1n) is 6.84. The molecular weight excluding hydrogens is 359 g/mol. The fraction of sp³-hybridized carbons (Fsp3) is 0.0588. The maximum atomic E-state index is 13.3. The van der Waals surface area contributed by atoms with Gasteiger partial charge in [0.25, 0.3) is 11.8 Å². The Morgan fingerprint density at radius 3 is 2.17 bits per heavy atom. The van der Waals surface area contributed by atoms with Crippen molar-refractivity contribution in [1.82, 2.24) is 4.90 Å². The quantitative estimate of drug-likeness (QED) is 0.764. The number of carbonyl (C=O) groups is 2. The Kier molecular flexibility index (Phi) is 4.39. The molecule has 0 N–H and O–H groups in total. The molecule has 0 spiro atoms. The molecule has 3 nitrogen and oxygen atoms in total. The van der Waals surface area contributed by atoms with Gasteiger partial charge in [0, 0.05) is 5.02 Å². The minimum atomic E-state index is -1.05. The van der Waals surface area contributed by atoms with Crippen LogP contribution in [0.5, 0.6) is 0 Å². The molecule has 122 valence electrons. The minimum Gasteiger partial charge on any atom is -0.269 e. The van der Waals surface area contributed by atoms with Gasteiger partial charge in [0.1, 0.15) is 5.03 Å². The maximum Gasteiger partial charge on any atom is 0.273 e. The summed E-state index contributed by atoms with van der Waals surface area (Å²) < 4.78 is 26.3. The Labute approximate surface area is 146 Å². The Morgan fingerprint density at radius 1 is 0.875 bits per heavy atom. The van der Waals surface area contributed by atoms with Crippen molar-refractivity contribution in [1.29, 1.82) is 0 Å². The van der Waals surface area contributed by atoms with Gasteiger partial charge in [0.2, 0.25) is 0 Å². The van der Waals surface area contributed by atoms with Gasteiger partial charge in [-0.05, 0) is 35.4 Å². The highest BCUT2D eigenvalue weighted by Gasteiger charge is 2.38. The van der Waals surface area contributed by atoms with Gasteiger partial charge in [-0.25, -0.2) is 8.78 Å². The number of amides is 2. The smallest absolute Gasteiger partial charge is 0.269 e. The molecule has 3 rings (SSSR count). The van der Waals surface area contributed by atoms with Crippen molar-refractivity contribution in [3.05, 3.63) is 75.3 Å². The second kappa shape index (κ2) is 6.34. The topological polar surface area (TPSA) is 37.4 Å². The lowest BCUT2D eigenvalue weighted by Crippen LogP contribution is -2.30. The molecular formula is C17H9Cl2F2NO2. The van der Waals surface area contributed by atoms with Gasteiger partial charge < -0.3 is 0 Å². The standard InChI is InChI=1S/C17H9Cl2F2NO2/c18-11-4-2-10(3-5-11)14-15(19)17(24)22(16(14)23)8-9-1-6-12(20)13(21)7-9/h1-7H,8H2. The van der Waals surface area contributed by atoms with Crippen LogP contribution < -0.4 is 0 Å². The van der Waals surface area contributed by atoms with Crippen LogP contribution in [0.3, 0.4) is 0 Å². The summed E-state index contributed by atoms with van der Waals surface area (Å²) in [6, 6.07) is 9.47. The predicted octanol–water partition coefficient (Wildman–Crippen LogP) is 4.14. The fourth-order valence-electron chi connectivity index (χ4n) is 2.38. The second-order valence-corrected chi connectivity index (χ2v) is 5.96. The summed E-state index contributed by atoms with van der Waals surface area (Å²) in [5, 5.41) is 0.260. The molecule has 0 saturated heterocycles. The summed E-state index contributed by atoms with van der Waals surface area (Å²) in [4.78, 5) is 25.7. The molecule has 1 aliphatic rings. The number of hydrogen-bond donors (Lipinski definition) is 0. The first-order chi connectivity index (χ1) is 11.4. The molecule has 0 unspecified atom stereocenters. The van der Waals surface area contributed by atoms with Gasteiger partial charge in [-0.1, -0.05) is 41.4 Å². The van der Waals surface area contributed by atoms with Gasteiger partial charge in [-0.2, -0.15) is 0 Å². The van der Waals surface area contributed by atoms with Crippen molar-refractivity contribution in [3.63, 3.8) is 0 Å². The van der Waals surface area contributed by atoms with Gasteiger partial charge >= 0.3 is 0 Å². The molecule has 0 atom stereocenters. The molecule has 2 amide bonds. The van der Waals surface area contributed by atoms with E-state index in [0.717, 1.165) is 17.0 Å². The van der Waals surface area contributed by atoms with E-state index in [4.69, 9.17) is 23.2 Å². The van der Waals surface area contributed by atoms with Crippen LogP contribution in [0.25, 0.3) is 5.57 Å². The number of nitrogens with zero attached hydrogens (tertiary/aromatic N) is 1. The van der Waals surface area contributed by atoms with E-state index < -0.39 is 23.4 Å². The van der Waals surface area contributed by atoms with Crippen LogP contribution in [0.1, 0.15) is 11.1 Å². The van der Waals surface area contributed by atoms with Crippen molar-refractivity contribution in [2.45, 2.75) is 6.54 Å². The number of rotatable bonds is 3. The number of carbonyl (C=O) groups excluding carboxylic acids is 2. The summed E-state index contributed by atoms with van der Waals surface area (Å²) in [7, 11) is 0. The fourth-order valence-corrected chi connectivity index (χ4v) is 2.80.